The Bertz CT molecular complexity index is 999. The minimum Gasteiger partial charge on any atom is -0.324 e. The molecule has 0 bridgehead atoms. The lowest BCUT2D eigenvalue weighted by Crippen LogP contribution is -2.38. The maximum Gasteiger partial charge on any atom is 0.238 e. The summed E-state index contributed by atoms with van der Waals surface area (Å²) in [6, 6.07) is 12.1. The fourth-order valence-electron chi connectivity index (χ4n) is 4.85. The number of para-hydroxylation sites is 2. The van der Waals surface area contributed by atoms with E-state index in [-0.39, 0.29) is 11.8 Å². The van der Waals surface area contributed by atoms with Crippen molar-refractivity contribution in [2.45, 2.75) is 67.2 Å². The van der Waals surface area contributed by atoms with E-state index in [1.54, 1.807) is 0 Å². The minimum absolute atomic E-state index is 0.0357. The van der Waals surface area contributed by atoms with Crippen LogP contribution in [0.25, 0.3) is 0 Å². The molecule has 39 heavy (non-hydrogen) atoms. The van der Waals surface area contributed by atoms with Gasteiger partial charge in [-0.2, -0.15) is 0 Å². The normalized spacial score (nSPS) is 11.3. The van der Waals surface area contributed by atoms with Crippen molar-refractivity contribution in [1.82, 2.24) is 15.1 Å². The molecule has 0 heterocycles. The second-order valence-corrected chi connectivity index (χ2v) is 10.6. The first-order valence-electron chi connectivity index (χ1n) is 14.6. The second-order valence-electron chi connectivity index (χ2n) is 10.6. The van der Waals surface area contributed by atoms with Crippen molar-refractivity contribution in [3.8, 4) is 0 Å². The summed E-state index contributed by atoms with van der Waals surface area (Å²) in [4.78, 5) is 29.7. The van der Waals surface area contributed by atoms with Crippen molar-refractivity contribution in [3.63, 3.8) is 0 Å². The van der Waals surface area contributed by atoms with Gasteiger partial charge in [0.1, 0.15) is 0 Å². The summed E-state index contributed by atoms with van der Waals surface area (Å²) >= 11 is 0. The number of hydrogen-bond donors (Lipinski definition) is 3. The van der Waals surface area contributed by atoms with Crippen molar-refractivity contribution in [2.75, 3.05) is 63.0 Å². The number of anilines is 2. The standard InChI is InChI=1S/C32H51N5O2/c1-7-20-37(24-30(39)35-32-27(5)16-13-17-28(32)6)21-11-9-10-18-33-19-22-36(8-2)23-29(38)34-31-25(3)14-12-15-26(31)4/h12-17,33H,7-11,18-24H2,1-6H3,(H,34,38)(H,35,39). The van der Waals surface area contributed by atoms with E-state index in [1.165, 1.54) is 0 Å². The number of unbranched alkanes of at least 4 members (excludes halogenated alkanes) is 2. The number of nitrogens with one attached hydrogen (secondary N) is 3. The summed E-state index contributed by atoms with van der Waals surface area (Å²) in [6.07, 6.45) is 4.35. The highest BCUT2D eigenvalue weighted by Gasteiger charge is 2.13. The van der Waals surface area contributed by atoms with E-state index >= 15 is 0 Å². The largest absolute Gasteiger partial charge is 0.324 e. The van der Waals surface area contributed by atoms with Crippen LogP contribution >= 0.6 is 0 Å². The van der Waals surface area contributed by atoms with Crippen LogP contribution in [0, 0.1) is 27.7 Å². The molecule has 0 atom stereocenters. The van der Waals surface area contributed by atoms with Crippen molar-refractivity contribution >= 4 is 23.2 Å². The monoisotopic (exact) mass is 537 g/mol. The third-order valence-corrected chi connectivity index (χ3v) is 7.15. The first-order chi connectivity index (χ1) is 18.7. The summed E-state index contributed by atoms with van der Waals surface area (Å²) in [5, 5.41) is 9.72. The molecule has 2 aromatic rings. The quantitative estimate of drug-likeness (QED) is 0.225. The summed E-state index contributed by atoms with van der Waals surface area (Å²) < 4.78 is 0. The molecular weight excluding hydrogens is 486 g/mol. The Labute approximate surface area is 236 Å². The molecule has 0 aliphatic heterocycles. The van der Waals surface area contributed by atoms with Gasteiger partial charge in [0.05, 0.1) is 13.1 Å². The van der Waals surface area contributed by atoms with Gasteiger partial charge in [0.25, 0.3) is 0 Å². The van der Waals surface area contributed by atoms with Gasteiger partial charge in [0, 0.05) is 24.5 Å². The molecule has 3 N–H and O–H groups in total. The lowest BCUT2D eigenvalue weighted by Gasteiger charge is -2.22. The van der Waals surface area contributed by atoms with Gasteiger partial charge in [-0.1, -0.05) is 56.7 Å². The van der Waals surface area contributed by atoms with E-state index in [1.807, 2.05) is 64.1 Å². The van der Waals surface area contributed by atoms with Crippen molar-refractivity contribution in [2.24, 2.45) is 0 Å². The zero-order valence-electron chi connectivity index (χ0n) is 25.2. The van der Waals surface area contributed by atoms with E-state index in [0.717, 1.165) is 98.6 Å². The molecule has 2 amide bonds. The first-order valence-corrected chi connectivity index (χ1v) is 14.6. The lowest BCUT2D eigenvalue weighted by molar-refractivity contribution is -0.118. The molecule has 0 unspecified atom stereocenters. The molecule has 0 fully saturated rings. The van der Waals surface area contributed by atoms with E-state index in [9.17, 15) is 9.59 Å². The number of nitrogens with zero attached hydrogens (tertiary/aromatic N) is 2. The predicted molar refractivity (Wildman–Crippen MR) is 165 cm³/mol. The van der Waals surface area contributed by atoms with Crippen LogP contribution in [0.3, 0.4) is 0 Å². The maximum atomic E-state index is 12.7. The third-order valence-electron chi connectivity index (χ3n) is 7.15. The third kappa shape index (κ3) is 11.9. The molecule has 0 radical (unpaired) electrons. The van der Waals surface area contributed by atoms with E-state index in [2.05, 4.69) is 39.6 Å². The van der Waals surface area contributed by atoms with Gasteiger partial charge in [-0.3, -0.25) is 19.4 Å². The maximum absolute atomic E-state index is 12.7. The topological polar surface area (TPSA) is 76.7 Å². The van der Waals surface area contributed by atoms with Gasteiger partial charge in [-0.15, -0.1) is 0 Å². The van der Waals surface area contributed by atoms with Crippen LogP contribution in [0.5, 0.6) is 0 Å². The molecule has 2 rings (SSSR count). The SMILES string of the molecule is CCCN(CCCCCNCCN(CC)CC(=O)Nc1c(C)cccc1C)CC(=O)Nc1c(C)cccc1C. The fourth-order valence-corrected chi connectivity index (χ4v) is 4.85. The number of amides is 2. The Hall–Kier alpha value is -2.74. The highest BCUT2D eigenvalue weighted by atomic mass is 16.2. The van der Waals surface area contributed by atoms with Crippen LogP contribution in [0.4, 0.5) is 11.4 Å². The average molecular weight is 538 g/mol. The molecule has 7 nitrogen and oxygen atoms in total. The van der Waals surface area contributed by atoms with Crippen LogP contribution < -0.4 is 16.0 Å². The molecule has 0 aromatic heterocycles. The van der Waals surface area contributed by atoms with Gasteiger partial charge in [-0.05, 0) is 95.4 Å². The highest BCUT2D eigenvalue weighted by Crippen LogP contribution is 2.20. The summed E-state index contributed by atoms with van der Waals surface area (Å²) in [5.74, 6) is 0.0966. The van der Waals surface area contributed by atoms with Crippen LogP contribution in [-0.4, -0.2) is 74.0 Å². The molecule has 2 aromatic carbocycles. The Balaban J connectivity index is 1.61. The fraction of sp³-hybridized carbons (Fsp3) is 0.562. The second kappa shape index (κ2) is 17.8. The van der Waals surface area contributed by atoms with Gasteiger partial charge in [-0.25, -0.2) is 0 Å². The Morgan fingerprint density at radius 2 is 1.15 bits per heavy atom. The van der Waals surface area contributed by atoms with E-state index < -0.39 is 0 Å². The molecule has 7 heteroatoms. The Kier molecular flexibility index (Phi) is 14.8. The summed E-state index contributed by atoms with van der Waals surface area (Å²) in [6.45, 7) is 18.6. The van der Waals surface area contributed by atoms with Crippen molar-refractivity contribution in [3.05, 3.63) is 58.7 Å². The Morgan fingerprint density at radius 3 is 1.64 bits per heavy atom. The van der Waals surface area contributed by atoms with Gasteiger partial charge in [0.2, 0.25) is 11.8 Å². The number of rotatable bonds is 18. The number of aryl methyl sites for hydroxylation is 4. The number of likely N-dealkylation sites (N-methyl/N-ethyl adjacent to an activating group) is 1. The molecular formula is C32H51N5O2. The van der Waals surface area contributed by atoms with E-state index in [0.29, 0.717) is 13.1 Å². The van der Waals surface area contributed by atoms with Crippen LogP contribution in [0.15, 0.2) is 36.4 Å². The average Bonchev–Trinajstić information content (AvgIpc) is 2.89. The minimum atomic E-state index is 0.0357. The van der Waals surface area contributed by atoms with Crippen LogP contribution in [0.1, 0.15) is 61.8 Å². The smallest absolute Gasteiger partial charge is 0.238 e. The number of carbonyl (C=O) groups is 2. The highest BCUT2D eigenvalue weighted by molar-refractivity contribution is 5.94. The number of hydrogen-bond acceptors (Lipinski definition) is 5. The predicted octanol–water partition coefficient (Wildman–Crippen LogP) is 5.29. The molecule has 0 saturated heterocycles. The zero-order chi connectivity index (χ0) is 28.6. The molecule has 0 spiro atoms. The van der Waals surface area contributed by atoms with E-state index in [4.69, 9.17) is 0 Å². The number of carbonyl (C=O) groups excluding carboxylic acids is 2. The van der Waals surface area contributed by atoms with Gasteiger partial charge < -0.3 is 16.0 Å². The first kappa shape index (κ1) is 32.5. The molecule has 0 aliphatic carbocycles. The summed E-state index contributed by atoms with van der Waals surface area (Å²) in [7, 11) is 0. The molecule has 0 saturated carbocycles. The Morgan fingerprint density at radius 1 is 0.641 bits per heavy atom. The van der Waals surface area contributed by atoms with Crippen molar-refractivity contribution < 1.29 is 9.59 Å². The summed E-state index contributed by atoms with van der Waals surface area (Å²) in [5.41, 5.74) is 6.24. The van der Waals surface area contributed by atoms with Gasteiger partial charge >= 0.3 is 0 Å². The zero-order valence-corrected chi connectivity index (χ0v) is 25.2. The van der Waals surface area contributed by atoms with Gasteiger partial charge in [0.15, 0.2) is 0 Å². The van der Waals surface area contributed by atoms with Crippen molar-refractivity contribution in [1.29, 1.82) is 0 Å². The van der Waals surface area contributed by atoms with Crippen LogP contribution in [0.2, 0.25) is 0 Å². The van der Waals surface area contributed by atoms with Crippen LogP contribution in [-0.2, 0) is 9.59 Å². The molecule has 216 valence electrons. The molecule has 0 aliphatic rings. The lowest BCUT2D eigenvalue weighted by atomic mass is 10.1. The number of benzene rings is 2.